The summed E-state index contributed by atoms with van der Waals surface area (Å²) in [6.07, 6.45) is -8.18. The van der Waals surface area contributed by atoms with Crippen LogP contribution in [0.2, 0.25) is 0 Å². The van der Waals surface area contributed by atoms with Gasteiger partial charge in [0.15, 0.2) is 6.29 Å². The molecule has 6 nitrogen and oxygen atoms in total. The third-order valence-electron chi connectivity index (χ3n) is 2.10. The van der Waals surface area contributed by atoms with Crippen molar-refractivity contribution in [2.75, 3.05) is 0 Å². The van der Waals surface area contributed by atoms with E-state index in [2.05, 4.69) is 4.74 Å². The van der Waals surface area contributed by atoms with Gasteiger partial charge in [0.05, 0.1) is 6.10 Å². The van der Waals surface area contributed by atoms with E-state index in [4.69, 9.17) is 15.3 Å². The van der Waals surface area contributed by atoms with Gasteiger partial charge < -0.3 is 30.3 Å². The van der Waals surface area contributed by atoms with E-state index in [1.54, 1.807) is 0 Å². The van der Waals surface area contributed by atoms with Gasteiger partial charge in [-0.25, -0.2) is 0 Å². The lowest BCUT2D eigenvalue weighted by Crippen LogP contribution is -2.60. The van der Waals surface area contributed by atoms with Crippen LogP contribution in [-0.2, 0) is 4.74 Å². The summed E-state index contributed by atoms with van der Waals surface area (Å²) in [6.45, 7) is 1.35. The van der Waals surface area contributed by atoms with Crippen LogP contribution < -0.4 is 0 Å². The molecule has 0 saturated carbocycles. The van der Waals surface area contributed by atoms with Crippen LogP contribution in [0.25, 0.3) is 0 Å². The van der Waals surface area contributed by atoms with Crippen LogP contribution in [0.3, 0.4) is 0 Å². The maximum atomic E-state index is 9.29. The fraction of sp³-hybridized carbons (Fsp3) is 1.00. The number of rotatable bonds is 1. The van der Waals surface area contributed by atoms with E-state index in [0.717, 1.165) is 0 Å². The van der Waals surface area contributed by atoms with E-state index in [-0.39, 0.29) is 0 Å². The molecule has 1 aliphatic rings. The summed E-state index contributed by atoms with van der Waals surface area (Å²) >= 11 is 0. The molecular formula is C7H14O6. The smallest absolute Gasteiger partial charge is 0.184 e. The normalized spacial score (nSPS) is 48.9. The fourth-order valence-corrected chi connectivity index (χ4v) is 1.29. The van der Waals surface area contributed by atoms with Crippen molar-refractivity contribution in [1.29, 1.82) is 0 Å². The molecule has 5 N–H and O–H groups in total. The number of aliphatic hydroxyl groups excluding tert-OH is 5. The number of hydrogen-bond donors (Lipinski definition) is 5. The molecule has 6 unspecified atom stereocenters. The molecular weight excluding hydrogens is 180 g/mol. The van der Waals surface area contributed by atoms with E-state index in [0.29, 0.717) is 0 Å². The third kappa shape index (κ3) is 1.98. The van der Waals surface area contributed by atoms with Crippen LogP contribution in [-0.4, -0.2) is 62.3 Å². The summed E-state index contributed by atoms with van der Waals surface area (Å²) in [5, 5.41) is 45.6. The van der Waals surface area contributed by atoms with Gasteiger partial charge in [-0.2, -0.15) is 0 Å². The minimum absolute atomic E-state index is 1.04. The highest BCUT2D eigenvalue weighted by molar-refractivity contribution is 4.90. The lowest BCUT2D eigenvalue weighted by molar-refractivity contribution is -0.295. The molecule has 1 heterocycles. The molecule has 0 aromatic carbocycles. The van der Waals surface area contributed by atoms with E-state index in [1.165, 1.54) is 6.92 Å². The zero-order valence-electron chi connectivity index (χ0n) is 7.11. The SMILES string of the molecule is CC(O)C1OC(O)C(O)C(O)C1O. The van der Waals surface area contributed by atoms with Crippen LogP contribution in [0.1, 0.15) is 6.92 Å². The van der Waals surface area contributed by atoms with E-state index < -0.39 is 36.8 Å². The minimum Gasteiger partial charge on any atom is -0.391 e. The van der Waals surface area contributed by atoms with Crippen LogP contribution in [0.5, 0.6) is 0 Å². The average molecular weight is 194 g/mol. The molecule has 0 aliphatic carbocycles. The van der Waals surface area contributed by atoms with Gasteiger partial charge in [0.1, 0.15) is 24.4 Å². The first-order chi connectivity index (χ1) is 5.95. The van der Waals surface area contributed by atoms with Crippen molar-refractivity contribution in [3.8, 4) is 0 Å². The summed E-state index contributed by atoms with van der Waals surface area (Å²) in [5.74, 6) is 0. The quantitative estimate of drug-likeness (QED) is 0.308. The molecule has 1 rings (SSSR count). The van der Waals surface area contributed by atoms with Crippen molar-refractivity contribution in [3.63, 3.8) is 0 Å². The molecule has 1 fully saturated rings. The Morgan fingerprint density at radius 2 is 1.54 bits per heavy atom. The standard InChI is InChI=1S/C7H14O6/c1-2(8)6-4(10)3(9)5(11)7(12)13-6/h2-12H,1H3. The van der Waals surface area contributed by atoms with Crippen molar-refractivity contribution in [2.24, 2.45) is 0 Å². The van der Waals surface area contributed by atoms with Gasteiger partial charge in [-0.3, -0.25) is 0 Å². The molecule has 0 aromatic rings. The van der Waals surface area contributed by atoms with Crippen LogP contribution in [0.15, 0.2) is 0 Å². The van der Waals surface area contributed by atoms with Gasteiger partial charge in [0.2, 0.25) is 0 Å². The Balaban J connectivity index is 2.70. The monoisotopic (exact) mass is 194 g/mol. The molecule has 0 radical (unpaired) electrons. The molecule has 13 heavy (non-hydrogen) atoms. The highest BCUT2D eigenvalue weighted by Crippen LogP contribution is 2.21. The Bertz CT molecular complexity index is 172. The van der Waals surface area contributed by atoms with Crippen molar-refractivity contribution in [2.45, 2.75) is 43.7 Å². The van der Waals surface area contributed by atoms with Crippen LogP contribution in [0.4, 0.5) is 0 Å². The summed E-state index contributed by atoms with van der Waals surface area (Å²) in [4.78, 5) is 0. The number of hydrogen-bond acceptors (Lipinski definition) is 6. The summed E-state index contributed by atoms with van der Waals surface area (Å²) in [7, 11) is 0. The second-order valence-electron chi connectivity index (χ2n) is 3.20. The molecule has 1 saturated heterocycles. The minimum atomic E-state index is -1.59. The molecule has 78 valence electrons. The van der Waals surface area contributed by atoms with Gasteiger partial charge >= 0.3 is 0 Å². The zero-order chi connectivity index (χ0) is 10.2. The van der Waals surface area contributed by atoms with Crippen molar-refractivity contribution >= 4 is 0 Å². The van der Waals surface area contributed by atoms with Gasteiger partial charge in [0, 0.05) is 0 Å². The Morgan fingerprint density at radius 1 is 1.00 bits per heavy atom. The summed E-state index contributed by atoms with van der Waals surface area (Å²) in [5.41, 5.74) is 0. The topological polar surface area (TPSA) is 110 Å². The second kappa shape index (κ2) is 3.87. The molecule has 0 aromatic heterocycles. The maximum absolute atomic E-state index is 9.29. The molecule has 0 spiro atoms. The van der Waals surface area contributed by atoms with Gasteiger partial charge in [0.25, 0.3) is 0 Å². The maximum Gasteiger partial charge on any atom is 0.184 e. The summed E-state index contributed by atoms with van der Waals surface area (Å²) in [6, 6.07) is 0. The Morgan fingerprint density at radius 3 is 2.00 bits per heavy atom. The highest BCUT2D eigenvalue weighted by atomic mass is 16.6. The van der Waals surface area contributed by atoms with Crippen LogP contribution >= 0.6 is 0 Å². The largest absolute Gasteiger partial charge is 0.391 e. The Labute approximate surface area is 75.0 Å². The van der Waals surface area contributed by atoms with Gasteiger partial charge in [-0.05, 0) is 6.92 Å². The van der Waals surface area contributed by atoms with E-state index >= 15 is 0 Å². The molecule has 6 atom stereocenters. The first-order valence-electron chi connectivity index (χ1n) is 4.01. The van der Waals surface area contributed by atoms with E-state index in [9.17, 15) is 10.2 Å². The van der Waals surface area contributed by atoms with Gasteiger partial charge in [-0.15, -0.1) is 0 Å². The number of ether oxygens (including phenoxy) is 1. The van der Waals surface area contributed by atoms with Crippen molar-refractivity contribution in [1.82, 2.24) is 0 Å². The lowest BCUT2D eigenvalue weighted by Gasteiger charge is -2.39. The van der Waals surface area contributed by atoms with Crippen LogP contribution in [0, 0.1) is 0 Å². The second-order valence-corrected chi connectivity index (χ2v) is 3.20. The number of aliphatic hydroxyl groups is 5. The predicted octanol–water partition coefficient (Wildman–Crippen LogP) is -2.83. The summed E-state index contributed by atoms with van der Waals surface area (Å²) < 4.78 is 4.69. The average Bonchev–Trinajstić information content (AvgIpc) is 2.07. The Hall–Kier alpha value is -0.240. The van der Waals surface area contributed by atoms with Crippen molar-refractivity contribution in [3.05, 3.63) is 0 Å². The zero-order valence-corrected chi connectivity index (χ0v) is 7.11. The fourth-order valence-electron chi connectivity index (χ4n) is 1.29. The first kappa shape index (κ1) is 10.8. The molecule has 1 aliphatic heterocycles. The van der Waals surface area contributed by atoms with E-state index in [1.807, 2.05) is 0 Å². The Kier molecular flexibility index (Phi) is 3.23. The molecule has 6 heteroatoms. The predicted molar refractivity (Wildman–Crippen MR) is 40.6 cm³/mol. The third-order valence-corrected chi connectivity index (χ3v) is 2.10. The first-order valence-corrected chi connectivity index (χ1v) is 4.01. The highest BCUT2D eigenvalue weighted by Gasteiger charge is 2.44. The molecule has 0 amide bonds. The van der Waals surface area contributed by atoms with Gasteiger partial charge in [-0.1, -0.05) is 0 Å². The molecule has 0 bridgehead atoms. The lowest BCUT2D eigenvalue weighted by atomic mass is 9.96. The van der Waals surface area contributed by atoms with Crippen molar-refractivity contribution < 1.29 is 30.3 Å².